The van der Waals surface area contributed by atoms with Gasteiger partial charge in [0.1, 0.15) is 11.3 Å². The number of nitrogens with two attached hydrogens (primary N) is 1. The zero-order valence-corrected chi connectivity index (χ0v) is 20.8. The van der Waals surface area contributed by atoms with E-state index in [0.29, 0.717) is 5.56 Å². The molecule has 1 amide bonds. The fraction of sp³-hybridized carbons (Fsp3) is 0.296. The summed E-state index contributed by atoms with van der Waals surface area (Å²) in [4.78, 5) is 20.6. The Morgan fingerprint density at radius 1 is 1.15 bits per heavy atom. The van der Waals surface area contributed by atoms with Gasteiger partial charge in [-0.2, -0.15) is 5.26 Å². The number of benzene rings is 2. The van der Waals surface area contributed by atoms with Crippen LogP contribution < -0.4 is 5.73 Å². The van der Waals surface area contributed by atoms with Crippen molar-refractivity contribution in [1.29, 1.82) is 5.26 Å². The van der Waals surface area contributed by atoms with Crippen LogP contribution in [0.3, 0.4) is 0 Å². The SMILES string of the molecule is CN1C(=O)C(c2ccc(C(C)(C)C)cc2)[C@@](C)(c2cc(-c3cc(O)cc(C#N)c3)cs2)N=C1N. The van der Waals surface area contributed by atoms with E-state index in [2.05, 4.69) is 39.0 Å². The number of nitriles is 1. The van der Waals surface area contributed by atoms with Crippen LogP contribution in [0.25, 0.3) is 11.1 Å². The number of guanidine groups is 1. The molecule has 3 aromatic rings. The van der Waals surface area contributed by atoms with E-state index < -0.39 is 11.5 Å². The number of carbonyl (C=O) groups is 1. The summed E-state index contributed by atoms with van der Waals surface area (Å²) in [5, 5.41) is 21.2. The van der Waals surface area contributed by atoms with Crippen LogP contribution in [0.5, 0.6) is 5.75 Å². The number of phenolic OH excluding ortho intramolecular Hbond substituents is 1. The van der Waals surface area contributed by atoms with E-state index in [9.17, 15) is 15.2 Å². The molecule has 7 heteroatoms. The Bertz CT molecular complexity index is 1330. The van der Waals surface area contributed by atoms with Crippen molar-refractivity contribution < 1.29 is 9.90 Å². The maximum absolute atomic E-state index is 13.5. The number of aromatic hydroxyl groups is 1. The Hall–Kier alpha value is -3.63. The standard InChI is InChI=1S/C27H28N4O2S/c1-26(2,3)20-8-6-17(7-9-20)23-24(33)31(5)25(29)30-27(23,4)22-13-19(15-34-22)18-10-16(14-28)11-21(32)12-18/h6-13,15,23,32H,1-5H3,(H2,29,30)/t23?,27-/m1/s1. The summed E-state index contributed by atoms with van der Waals surface area (Å²) in [7, 11) is 1.65. The lowest BCUT2D eigenvalue weighted by atomic mass is 9.76. The lowest BCUT2D eigenvalue weighted by Crippen LogP contribution is -2.52. The maximum Gasteiger partial charge on any atom is 0.239 e. The number of phenols is 1. The second kappa shape index (κ2) is 8.30. The molecule has 1 aliphatic heterocycles. The molecule has 6 nitrogen and oxygen atoms in total. The Labute approximate surface area is 204 Å². The van der Waals surface area contributed by atoms with E-state index in [1.54, 1.807) is 19.2 Å². The first-order valence-corrected chi connectivity index (χ1v) is 11.9. The van der Waals surface area contributed by atoms with E-state index in [1.165, 1.54) is 27.9 Å². The largest absolute Gasteiger partial charge is 0.508 e. The zero-order chi connectivity index (χ0) is 24.8. The van der Waals surface area contributed by atoms with Crippen LogP contribution in [0.4, 0.5) is 0 Å². The van der Waals surface area contributed by atoms with Gasteiger partial charge in [-0.05, 0) is 64.2 Å². The summed E-state index contributed by atoms with van der Waals surface area (Å²) in [6.07, 6.45) is 0. The van der Waals surface area contributed by atoms with Gasteiger partial charge in [0, 0.05) is 11.9 Å². The van der Waals surface area contributed by atoms with Gasteiger partial charge in [0.15, 0.2) is 5.96 Å². The number of hydrogen-bond acceptors (Lipinski definition) is 6. The van der Waals surface area contributed by atoms with Gasteiger partial charge in [-0.1, -0.05) is 45.0 Å². The second-order valence-electron chi connectivity index (χ2n) is 9.90. The topological polar surface area (TPSA) is 103 Å². The van der Waals surface area contributed by atoms with Crippen LogP contribution in [-0.4, -0.2) is 28.9 Å². The molecule has 2 heterocycles. The molecule has 0 aliphatic carbocycles. The molecule has 34 heavy (non-hydrogen) atoms. The molecule has 174 valence electrons. The predicted molar refractivity (Wildman–Crippen MR) is 136 cm³/mol. The van der Waals surface area contributed by atoms with Gasteiger partial charge in [-0.25, -0.2) is 4.99 Å². The van der Waals surface area contributed by atoms with Gasteiger partial charge in [-0.3, -0.25) is 9.69 Å². The zero-order valence-electron chi connectivity index (χ0n) is 20.0. The fourth-order valence-corrected chi connectivity index (χ4v) is 5.42. The average Bonchev–Trinajstić information content (AvgIpc) is 3.28. The molecule has 0 saturated heterocycles. The third kappa shape index (κ3) is 4.06. The van der Waals surface area contributed by atoms with Crippen LogP contribution in [-0.2, 0) is 15.7 Å². The van der Waals surface area contributed by atoms with Gasteiger partial charge < -0.3 is 10.8 Å². The van der Waals surface area contributed by atoms with Crippen molar-refractivity contribution >= 4 is 23.2 Å². The number of nitrogens with zero attached hydrogens (tertiary/aromatic N) is 3. The molecule has 0 radical (unpaired) electrons. The number of aliphatic imine (C=N–C) groups is 1. The first-order chi connectivity index (χ1) is 15.9. The van der Waals surface area contributed by atoms with Crippen molar-refractivity contribution in [1.82, 2.24) is 4.90 Å². The molecular formula is C27H28N4O2S. The Balaban J connectivity index is 1.82. The van der Waals surface area contributed by atoms with Crippen molar-refractivity contribution in [3.05, 3.63) is 75.5 Å². The molecule has 2 aromatic carbocycles. The van der Waals surface area contributed by atoms with Gasteiger partial charge in [0.05, 0.1) is 17.6 Å². The summed E-state index contributed by atoms with van der Waals surface area (Å²) < 4.78 is 0. The third-order valence-corrected chi connectivity index (χ3v) is 7.58. The molecule has 4 rings (SSSR count). The normalized spacial score (nSPS) is 20.7. The second-order valence-corrected chi connectivity index (χ2v) is 10.8. The Morgan fingerprint density at radius 3 is 2.44 bits per heavy atom. The minimum absolute atomic E-state index is 0.00392. The monoisotopic (exact) mass is 472 g/mol. The number of thiophene rings is 1. The summed E-state index contributed by atoms with van der Waals surface area (Å²) in [6, 6.07) is 17.0. The number of hydrogen-bond donors (Lipinski definition) is 2. The van der Waals surface area contributed by atoms with E-state index in [0.717, 1.165) is 21.6 Å². The molecule has 3 N–H and O–H groups in total. The van der Waals surface area contributed by atoms with E-state index in [1.807, 2.05) is 30.5 Å². The summed E-state index contributed by atoms with van der Waals surface area (Å²) >= 11 is 1.48. The number of rotatable bonds is 3. The summed E-state index contributed by atoms with van der Waals surface area (Å²) in [5.41, 5.74) is 9.28. The van der Waals surface area contributed by atoms with Gasteiger partial charge in [0.2, 0.25) is 5.91 Å². The smallest absolute Gasteiger partial charge is 0.239 e. The number of likely N-dealkylation sites (N-methyl/N-ethyl adjacent to an activating group) is 1. The van der Waals surface area contributed by atoms with E-state index in [-0.39, 0.29) is 23.0 Å². The van der Waals surface area contributed by atoms with E-state index >= 15 is 0 Å². The van der Waals surface area contributed by atoms with Crippen LogP contribution in [0, 0.1) is 11.3 Å². The summed E-state index contributed by atoms with van der Waals surface area (Å²) in [5.74, 6) is -0.461. The van der Waals surface area contributed by atoms with Crippen molar-refractivity contribution in [2.24, 2.45) is 10.7 Å². The summed E-state index contributed by atoms with van der Waals surface area (Å²) in [6.45, 7) is 8.40. The molecule has 0 bridgehead atoms. The van der Waals surface area contributed by atoms with Gasteiger partial charge in [-0.15, -0.1) is 11.3 Å². The lowest BCUT2D eigenvalue weighted by molar-refractivity contribution is -0.130. The van der Waals surface area contributed by atoms with Crippen LogP contribution in [0.1, 0.15) is 55.2 Å². The molecule has 0 saturated carbocycles. The highest BCUT2D eigenvalue weighted by atomic mass is 32.1. The van der Waals surface area contributed by atoms with Crippen molar-refractivity contribution in [3.8, 4) is 22.9 Å². The minimum Gasteiger partial charge on any atom is -0.508 e. The van der Waals surface area contributed by atoms with Crippen LogP contribution >= 0.6 is 11.3 Å². The Kier molecular flexibility index (Phi) is 5.74. The van der Waals surface area contributed by atoms with Crippen LogP contribution in [0.2, 0.25) is 0 Å². The van der Waals surface area contributed by atoms with Crippen molar-refractivity contribution in [3.63, 3.8) is 0 Å². The first kappa shape index (κ1) is 23.5. The molecule has 0 spiro atoms. The molecule has 2 atom stereocenters. The van der Waals surface area contributed by atoms with Crippen molar-refractivity contribution in [2.75, 3.05) is 7.05 Å². The highest BCUT2D eigenvalue weighted by molar-refractivity contribution is 7.10. The van der Waals surface area contributed by atoms with Crippen LogP contribution in [0.15, 0.2) is 58.9 Å². The fourth-order valence-electron chi connectivity index (χ4n) is 4.36. The first-order valence-electron chi connectivity index (χ1n) is 11.0. The third-order valence-electron chi connectivity index (χ3n) is 6.42. The maximum atomic E-state index is 13.5. The number of carbonyl (C=O) groups excluding carboxylic acids is 1. The highest BCUT2D eigenvalue weighted by Gasteiger charge is 2.48. The van der Waals surface area contributed by atoms with Gasteiger partial charge >= 0.3 is 0 Å². The average molecular weight is 473 g/mol. The predicted octanol–water partition coefficient (Wildman–Crippen LogP) is 5.08. The lowest BCUT2D eigenvalue weighted by Gasteiger charge is -2.40. The molecular weight excluding hydrogens is 444 g/mol. The quantitative estimate of drug-likeness (QED) is 0.555. The van der Waals surface area contributed by atoms with E-state index in [4.69, 9.17) is 10.7 Å². The molecule has 0 fully saturated rings. The molecule has 1 unspecified atom stereocenters. The minimum atomic E-state index is -0.908. The number of amides is 1. The Morgan fingerprint density at radius 2 is 1.82 bits per heavy atom. The highest BCUT2D eigenvalue weighted by Crippen LogP contribution is 2.47. The van der Waals surface area contributed by atoms with Gasteiger partial charge in [0.25, 0.3) is 0 Å². The molecule has 1 aliphatic rings. The molecule has 1 aromatic heterocycles. The van der Waals surface area contributed by atoms with Crippen molar-refractivity contribution in [2.45, 2.75) is 44.6 Å².